The molecule has 1 aromatic heterocycles. The van der Waals surface area contributed by atoms with E-state index in [0.717, 1.165) is 15.7 Å². The van der Waals surface area contributed by atoms with E-state index in [2.05, 4.69) is 36.5 Å². The molecule has 0 spiro atoms. The van der Waals surface area contributed by atoms with E-state index in [1.807, 2.05) is 32.0 Å². The zero-order valence-corrected chi connectivity index (χ0v) is 12.2. The van der Waals surface area contributed by atoms with E-state index in [1.165, 1.54) is 5.56 Å². The second-order valence-corrected chi connectivity index (χ2v) is 5.02. The molecular formula is C13H13BrN4O. The van der Waals surface area contributed by atoms with Crippen LogP contribution in [-0.4, -0.2) is 16.0 Å². The minimum atomic E-state index is -0.370. The molecule has 0 aliphatic carbocycles. The van der Waals surface area contributed by atoms with E-state index >= 15 is 0 Å². The molecule has 0 bridgehead atoms. The lowest BCUT2D eigenvalue weighted by Gasteiger charge is -2.08. The quantitative estimate of drug-likeness (QED) is 0.889. The van der Waals surface area contributed by atoms with Crippen molar-refractivity contribution in [1.82, 2.24) is 9.97 Å². The molecule has 0 aliphatic heterocycles. The summed E-state index contributed by atoms with van der Waals surface area (Å²) in [6, 6.07) is 5.36. The van der Waals surface area contributed by atoms with E-state index in [9.17, 15) is 4.79 Å². The number of rotatable bonds is 2. The van der Waals surface area contributed by atoms with Gasteiger partial charge in [-0.25, -0.2) is 14.8 Å². The second kappa shape index (κ2) is 5.79. The van der Waals surface area contributed by atoms with Crippen molar-refractivity contribution in [1.29, 1.82) is 0 Å². The van der Waals surface area contributed by atoms with Crippen molar-refractivity contribution in [3.05, 3.63) is 46.2 Å². The summed E-state index contributed by atoms with van der Waals surface area (Å²) < 4.78 is 0.757. The predicted molar refractivity (Wildman–Crippen MR) is 78.3 cm³/mol. The molecule has 2 rings (SSSR count). The third-order valence-corrected chi connectivity index (χ3v) is 3.02. The van der Waals surface area contributed by atoms with E-state index in [0.29, 0.717) is 0 Å². The van der Waals surface area contributed by atoms with Gasteiger partial charge in [-0.2, -0.15) is 0 Å². The summed E-state index contributed by atoms with van der Waals surface area (Å²) in [5, 5.41) is 5.29. The molecule has 1 aromatic carbocycles. The Hall–Kier alpha value is -1.95. The van der Waals surface area contributed by atoms with Gasteiger partial charge < -0.3 is 5.32 Å². The number of amides is 2. The molecule has 1 heterocycles. The minimum Gasteiger partial charge on any atom is -0.308 e. The SMILES string of the molecule is Cc1ccc(NC(=O)Nc2ncc(Br)cn2)cc1C. The highest BCUT2D eigenvalue weighted by Gasteiger charge is 2.05. The van der Waals surface area contributed by atoms with E-state index in [1.54, 1.807) is 12.4 Å². The fraction of sp³-hybridized carbons (Fsp3) is 0.154. The zero-order valence-electron chi connectivity index (χ0n) is 10.6. The van der Waals surface area contributed by atoms with Gasteiger partial charge in [0.15, 0.2) is 0 Å². The van der Waals surface area contributed by atoms with Crippen molar-refractivity contribution in [2.75, 3.05) is 10.6 Å². The maximum Gasteiger partial charge on any atom is 0.326 e. The zero-order chi connectivity index (χ0) is 13.8. The van der Waals surface area contributed by atoms with Crippen molar-refractivity contribution in [2.45, 2.75) is 13.8 Å². The molecule has 5 nitrogen and oxygen atoms in total. The van der Waals surface area contributed by atoms with Crippen LogP contribution in [0, 0.1) is 13.8 Å². The monoisotopic (exact) mass is 320 g/mol. The molecule has 0 fully saturated rings. The van der Waals surface area contributed by atoms with E-state index < -0.39 is 0 Å². The first-order chi connectivity index (χ1) is 9.04. The number of hydrogen-bond acceptors (Lipinski definition) is 3. The highest BCUT2D eigenvalue weighted by molar-refractivity contribution is 9.10. The highest BCUT2D eigenvalue weighted by atomic mass is 79.9. The number of carbonyl (C=O) groups is 1. The molecule has 0 saturated carbocycles. The van der Waals surface area contributed by atoms with Crippen molar-refractivity contribution >= 4 is 33.6 Å². The van der Waals surface area contributed by atoms with Crippen LogP contribution >= 0.6 is 15.9 Å². The third-order valence-electron chi connectivity index (χ3n) is 2.61. The van der Waals surface area contributed by atoms with Crippen LogP contribution in [-0.2, 0) is 0 Å². The number of aromatic nitrogens is 2. The molecule has 6 heteroatoms. The van der Waals surface area contributed by atoms with Gasteiger partial charge in [0.25, 0.3) is 0 Å². The predicted octanol–water partition coefficient (Wildman–Crippen LogP) is 3.50. The van der Waals surface area contributed by atoms with Gasteiger partial charge in [0.05, 0.1) is 4.47 Å². The van der Waals surface area contributed by atoms with Gasteiger partial charge in [-0.3, -0.25) is 5.32 Å². The maximum atomic E-state index is 11.7. The molecule has 98 valence electrons. The Bertz CT molecular complexity index is 598. The van der Waals surface area contributed by atoms with Gasteiger partial charge in [0, 0.05) is 18.1 Å². The van der Waals surface area contributed by atoms with Gasteiger partial charge >= 0.3 is 6.03 Å². The van der Waals surface area contributed by atoms with Gasteiger partial charge in [-0.15, -0.1) is 0 Å². The Balaban J connectivity index is 2.01. The summed E-state index contributed by atoms with van der Waals surface area (Å²) in [6.07, 6.45) is 3.14. The third kappa shape index (κ3) is 3.75. The standard InChI is InChI=1S/C13H13BrN4O/c1-8-3-4-11(5-9(8)2)17-13(19)18-12-15-6-10(14)7-16-12/h3-7H,1-2H3,(H2,15,16,17,18,19). The second-order valence-electron chi connectivity index (χ2n) is 4.10. The van der Waals surface area contributed by atoms with Crippen LogP contribution in [0.5, 0.6) is 0 Å². The molecule has 2 N–H and O–H groups in total. The fourth-order valence-corrected chi connectivity index (χ4v) is 1.66. The van der Waals surface area contributed by atoms with Crippen molar-refractivity contribution < 1.29 is 4.79 Å². The van der Waals surface area contributed by atoms with E-state index in [-0.39, 0.29) is 12.0 Å². The summed E-state index contributed by atoms with van der Waals surface area (Å²) in [5.41, 5.74) is 3.04. The van der Waals surface area contributed by atoms with Crippen LogP contribution in [0.15, 0.2) is 35.1 Å². The molecule has 0 atom stereocenters. The van der Waals surface area contributed by atoms with E-state index in [4.69, 9.17) is 0 Å². The fourth-order valence-electron chi connectivity index (χ4n) is 1.46. The number of carbonyl (C=O) groups excluding carboxylic acids is 1. The summed E-state index contributed by atoms with van der Waals surface area (Å²) in [5.74, 6) is 0.254. The summed E-state index contributed by atoms with van der Waals surface area (Å²) in [4.78, 5) is 19.7. The number of hydrogen-bond donors (Lipinski definition) is 2. The molecule has 2 amide bonds. The van der Waals surface area contributed by atoms with Crippen LogP contribution in [0.4, 0.5) is 16.4 Å². The first-order valence-electron chi connectivity index (χ1n) is 5.67. The lowest BCUT2D eigenvalue weighted by Crippen LogP contribution is -2.20. The number of aryl methyl sites for hydroxylation is 2. The van der Waals surface area contributed by atoms with Crippen molar-refractivity contribution in [3.63, 3.8) is 0 Å². The lowest BCUT2D eigenvalue weighted by molar-refractivity contribution is 0.262. The maximum absolute atomic E-state index is 11.7. The van der Waals surface area contributed by atoms with Crippen LogP contribution in [0.25, 0.3) is 0 Å². The number of nitrogens with zero attached hydrogens (tertiary/aromatic N) is 2. The average molecular weight is 321 g/mol. The van der Waals surface area contributed by atoms with Gasteiger partial charge in [-0.1, -0.05) is 6.07 Å². The number of anilines is 2. The summed E-state index contributed by atoms with van der Waals surface area (Å²) >= 11 is 3.23. The number of benzene rings is 1. The Labute approximate surface area is 119 Å². The number of urea groups is 1. The normalized spacial score (nSPS) is 10.1. The largest absolute Gasteiger partial charge is 0.326 e. The molecule has 0 unspecified atom stereocenters. The molecule has 0 saturated heterocycles. The Morgan fingerprint density at radius 2 is 1.79 bits per heavy atom. The lowest BCUT2D eigenvalue weighted by atomic mass is 10.1. The van der Waals surface area contributed by atoms with Gasteiger partial charge in [0.2, 0.25) is 5.95 Å². The minimum absolute atomic E-state index is 0.254. The Morgan fingerprint density at radius 3 is 2.42 bits per heavy atom. The number of halogens is 1. The van der Waals surface area contributed by atoms with Crippen LogP contribution in [0.1, 0.15) is 11.1 Å². The topological polar surface area (TPSA) is 66.9 Å². The van der Waals surface area contributed by atoms with Crippen LogP contribution in [0.3, 0.4) is 0 Å². The van der Waals surface area contributed by atoms with Gasteiger partial charge in [0.1, 0.15) is 0 Å². The molecule has 19 heavy (non-hydrogen) atoms. The summed E-state index contributed by atoms with van der Waals surface area (Å²) in [7, 11) is 0. The molecular weight excluding hydrogens is 308 g/mol. The van der Waals surface area contributed by atoms with Gasteiger partial charge in [-0.05, 0) is 53.0 Å². The first-order valence-corrected chi connectivity index (χ1v) is 6.47. The molecule has 0 radical (unpaired) electrons. The van der Waals surface area contributed by atoms with Crippen LogP contribution in [0.2, 0.25) is 0 Å². The smallest absolute Gasteiger partial charge is 0.308 e. The molecule has 2 aromatic rings. The molecule has 0 aliphatic rings. The van der Waals surface area contributed by atoms with Crippen LogP contribution < -0.4 is 10.6 Å². The Kier molecular flexibility index (Phi) is 4.11. The number of nitrogens with one attached hydrogen (secondary N) is 2. The van der Waals surface area contributed by atoms with Crippen molar-refractivity contribution in [3.8, 4) is 0 Å². The first kappa shape index (κ1) is 13.5. The van der Waals surface area contributed by atoms with Crippen molar-refractivity contribution in [2.24, 2.45) is 0 Å². The summed E-state index contributed by atoms with van der Waals surface area (Å²) in [6.45, 7) is 4.02. The Morgan fingerprint density at radius 1 is 1.11 bits per heavy atom. The average Bonchev–Trinajstić information content (AvgIpc) is 2.37. The highest BCUT2D eigenvalue weighted by Crippen LogP contribution is 2.14.